The Bertz CT molecular complexity index is 700. The van der Waals surface area contributed by atoms with Crippen molar-refractivity contribution in [2.24, 2.45) is 0 Å². The molecule has 0 spiro atoms. The second-order valence-electron chi connectivity index (χ2n) is 8.91. The number of hydrogen-bond acceptors (Lipinski definition) is 4. The summed E-state index contributed by atoms with van der Waals surface area (Å²) in [4.78, 5) is 11.6. The molecule has 0 radical (unpaired) electrons. The SMILES string of the molecule is CCCC[P+](CCCC)(CCCC)CCCC.O=P([O-])(Oc1ccccc1)Oc1ccccc1. The quantitative estimate of drug-likeness (QED) is 0.213. The van der Waals surface area contributed by atoms with Gasteiger partial charge in [-0.1, -0.05) is 89.8 Å². The van der Waals surface area contributed by atoms with Gasteiger partial charge in [0.15, 0.2) is 0 Å². The maximum atomic E-state index is 11.6. The second kappa shape index (κ2) is 18.0. The maximum Gasteiger partial charge on any atom is 0.372 e. The predicted molar refractivity (Wildman–Crippen MR) is 148 cm³/mol. The fourth-order valence-electron chi connectivity index (χ4n) is 3.88. The summed E-state index contributed by atoms with van der Waals surface area (Å²) in [6, 6.07) is 16.4. The second-order valence-corrected chi connectivity index (χ2v) is 14.6. The zero-order valence-corrected chi connectivity index (χ0v) is 23.6. The first-order valence-electron chi connectivity index (χ1n) is 13.1. The van der Waals surface area contributed by atoms with Crippen LogP contribution in [0.3, 0.4) is 0 Å². The number of benzene rings is 2. The predicted octanol–water partition coefficient (Wildman–Crippen LogP) is 8.82. The average molecular weight is 509 g/mol. The third kappa shape index (κ3) is 13.5. The third-order valence-electron chi connectivity index (χ3n) is 5.86. The van der Waals surface area contributed by atoms with Gasteiger partial charge < -0.3 is 13.9 Å². The number of rotatable bonds is 16. The highest BCUT2D eigenvalue weighted by molar-refractivity contribution is 7.75. The molecule has 0 aromatic heterocycles. The Balaban J connectivity index is 0.000000340. The minimum atomic E-state index is -4.39. The summed E-state index contributed by atoms with van der Waals surface area (Å²) < 4.78 is 21.1. The number of phosphoric ester groups is 1. The van der Waals surface area contributed by atoms with Crippen LogP contribution in [0.15, 0.2) is 60.7 Å². The fourth-order valence-corrected chi connectivity index (χ4v) is 9.97. The minimum Gasteiger partial charge on any atom is -0.736 e. The summed E-state index contributed by atoms with van der Waals surface area (Å²) in [6.45, 7) is 9.42. The largest absolute Gasteiger partial charge is 0.736 e. The number of hydrogen-bond donors (Lipinski definition) is 0. The molecule has 0 aliphatic heterocycles. The van der Waals surface area contributed by atoms with Gasteiger partial charge in [-0.25, -0.2) is 4.57 Å². The molecule has 0 heterocycles. The molecular weight excluding hydrogens is 462 g/mol. The van der Waals surface area contributed by atoms with Crippen LogP contribution in [0, 0.1) is 0 Å². The summed E-state index contributed by atoms with van der Waals surface area (Å²) in [5.41, 5.74) is 0. The van der Waals surface area contributed by atoms with E-state index in [-0.39, 0.29) is 11.5 Å². The lowest BCUT2D eigenvalue weighted by molar-refractivity contribution is -0.208. The molecule has 0 atom stereocenters. The standard InChI is InChI=1S/C16H36P.C12H11O4P/c1-5-9-13-17(14-10-6-2,15-11-7-3)16-12-8-4;13-17(14,15-11-7-3-1-4-8-11)16-12-9-5-2-6-10-12/h5-16H2,1-4H3;1-10H,(H,13,14)/q+1;/p-1. The van der Waals surface area contributed by atoms with Crippen LogP contribution >= 0.6 is 15.1 Å². The molecule has 2 aromatic carbocycles. The Labute approximate surface area is 209 Å². The molecule has 0 fully saturated rings. The van der Waals surface area contributed by atoms with Crippen LogP contribution in [-0.4, -0.2) is 24.6 Å². The van der Waals surface area contributed by atoms with E-state index in [9.17, 15) is 9.46 Å². The summed E-state index contributed by atoms with van der Waals surface area (Å²) in [5.74, 6) is 0.448. The smallest absolute Gasteiger partial charge is 0.372 e. The first-order chi connectivity index (χ1) is 16.4. The van der Waals surface area contributed by atoms with E-state index in [0.29, 0.717) is 0 Å². The van der Waals surface area contributed by atoms with E-state index in [2.05, 4.69) is 27.7 Å². The molecule has 34 heavy (non-hydrogen) atoms. The van der Waals surface area contributed by atoms with Crippen LogP contribution < -0.4 is 13.9 Å². The molecule has 0 saturated carbocycles. The molecule has 0 N–H and O–H groups in total. The van der Waals surface area contributed by atoms with Crippen molar-refractivity contribution in [1.29, 1.82) is 0 Å². The van der Waals surface area contributed by atoms with E-state index in [1.54, 1.807) is 85.3 Å². The summed E-state index contributed by atoms with van der Waals surface area (Å²) in [7, 11) is -4.95. The van der Waals surface area contributed by atoms with Gasteiger partial charge in [0.1, 0.15) is 11.5 Å². The van der Waals surface area contributed by atoms with Crippen molar-refractivity contribution in [3.8, 4) is 11.5 Å². The molecule has 0 saturated heterocycles. The fraction of sp³-hybridized carbons (Fsp3) is 0.571. The zero-order valence-electron chi connectivity index (χ0n) is 21.8. The van der Waals surface area contributed by atoms with Gasteiger partial charge in [0.2, 0.25) is 0 Å². The van der Waals surface area contributed by atoms with Crippen LogP contribution in [0.5, 0.6) is 11.5 Å². The molecule has 6 heteroatoms. The molecule has 0 aliphatic rings. The van der Waals surface area contributed by atoms with Crippen molar-refractivity contribution < 1.29 is 18.5 Å². The van der Waals surface area contributed by atoms with E-state index in [1.807, 2.05) is 0 Å². The molecule has 2 rings (SSSR count). The van der Waals surface area contributed by atoms with Crippen molar-refractivity contribution in [1.82, 2.24) is 0 Å². The lowest BCUT2D eigenvalue weighted by Crippen LogP contribution is -2.12. The van der Waals surface area contributed by atoms with Gasteiger partial charge in [0.25, 0.3) is 0 Å². The average Bonchev–Trinajstić information content (AvgIpc) is 2.84. The molecule has 0 bridgehead atoms. The van der Waals surface area contributed by atoms with Crippen LogP contribution in [0.25, 0.3) is 0 Å². The Morgan fingerprint density at radius 1 is 0.618 bits per heavy atom. The topological polar surface area (TPSA) is 58.6 Å². The Kier molecular flexibility index (Phi) is 16.2. The van der Waals surface area contributed by atoms with Gasteiger partial charge in [-0.3, -0.25) is 0 Å². The lowest BCUT2D eigenvalue weighted by Gasteiger charge is -2.28. The Hall–Kier alpha value is -1.34. The molecule has 0 amide bonds. The first-order valence-corrected chi connectivity index (χ1v) is 17.0. The van der Waals surface area contributed by atoms with Crippen LogP contribution in [0.1, 0.15) is 79.1 Å². The Morgan fingerprint density at radius 2 is 0.912 bits per heavy atom. The van der Waals surface area contributed by atoms with Crippen molar-refractivity contribution in [2.45, 2.75) is 79.1 Å². The number of para-hydroxylation sites is 2. The normalized spacial score (nSPS) is 11.4. The van der Waals surface area contributed by atoms with Crippen molar-refractivity contribution in [3.63, 3.8) is 0 Å². The van der Waals surface area contributed by atoms with Gasteiger partial charge in [0.05, 0.1) is 24.6 Å². The third-order valence-corrected chi connectivity index (χ3v) is 11.8. The molecule has 2 aromatic rings. The number of phosphoric acid groups is 1. The van der Waals surface area contributed by atoms with Crippen molar-refractivity contribution in [3.05, 3.63) is 60.7 Å². The maximum absolute atomic E-state index is 11.6. The van der Waals surface area contributed by atoms with E-state index in [0.717, 1.165) is 0 Å². The van der Waals surface area contributed by atoms with E-state index >= 15 is 0 Å². The highest BCUT2D eigenvalue weighted by Crippen LogP contribution is 2.61. The zero-order chi connectivity index (χ0) is 25.1. The van der Waals surface area contributed by atoms with Crippen molar-refractivity contribution in [2.75, 3.05) is 24.6 Å². The molecule has 0 unspecified atom stereocenters. The summed E-state index contributed by atoms with van der Waals surface area (Å²) >= 11 is 0. The minimum absolute atomic E-state index is 0.224. The highest BCUT2D eigenvalue weighted by Gasteiger charge is 2.34. The monoisotopic (exact) mass is 508 g/mol. The Morgan fingerprint density at radius 3 is 1.18 bits per heavy atom. The number of unbranched alkanes of at least 4 members (excludes halogenated alkanes) is 4. The molecule has 192 valence electrons. The molecule has 4 nitrogen and oxygen atoms in total. The van der Waals surface area contributed by atoms with E-state index < -0.39 is 15.1 Å². The van der Waals surface area contributed by atoms with Gasteiger partial charge in [-0.05, 0) is 49.9 Å². The van der Waals surface area contributed by atoms with Gasteiger partial charge in [-0.2, -0.15) is 0 Å². The van der Waals surface area contributed by atoms with Crippen LogP contribution in [0.4, 0.5) is 0 Å². The van der Waals surface area contributed by atoms with E-state index in [4.69, 9.17) is 9.05 Å². The summed E-state index contributed by atoms with van der Waals surface area (Å²) in [5, 5.41) is 0. The van der Waals surface area contributed by atoms with Crippen molar-refractivity contribution >= 4 is 15.1 Å². The molecule has 0 aliphatic carbocycles. The molecular formula is C28H46O4P2. The van der Waals surface area contributed by atoms with Crippen LogP contribution in [0.2, 0.25) is 0 Å². The van der Waals surface area contributed by atoms with Gasteiger partial charge >= 0.3 is 7.82 Å². The summed E-state index contributed by atoms with van der Waals surface area (Å²) in [6.07, 6.45) is 17.9. The van der Waals surface area contributed by atoms with Gasteiger partial charge in [0, 0.05) is 7.26 Å². The van der Waals surface area contributed by atoms with E-state index in [1.165, 1.54) is 51.4 Å². The first kappa shape index (κ1) is 30.7. The van der Waals surface area contributed by atoms with Crippen LogP contribution in [-0.2, 0) is 4.57 Å². The highest BCUT2D eigenvalue weighted by atomic mass is 31.2. The van der Waals surface area contributed by atoms with Gasteiger partial charge in [-0.15, -0.1) is 0 Å². The lowest BCUT2D eigenvalue weighted by atomic mass is 10.3.